The minimum absolute atomic E-state index is 0.118. The van der Waals surface area contributed by atoms with Crippen molar-refractivity contribution < 1.29 is 9.53 Å². The van der Waals surface area contributed by atoms with E-state index in [4.69, 9.17) is 4.43 Å². The molecule has 2 N–H and O–H groups in total. The highest BCUT2D eigenvalue weighted by molar-refractivity contribution is 6.74. The minimum Gasteiger partial charge on any atom is -0.543 e. The smallest absolute Gasteiger partial charge is 0.250 e. The Morgan fingerprint density at radius 3 is 2.32 bits per heavy atom. The second-order valence-electron chi connectivity index (χ2n) is 8.31. The monoisotopic (exact) mass is 319 g/mol. The first-order chi connectivity index (χ1) is 9.98. The Morgan fingerprint density at radius 1 is 1.14 bits per heavy atom. The van der Waals surface area contributed by atoms with Crippen LogP contribution in [0, 0.1) is 0 Å². The summed E-state index contributed by atoms with van der Waals surface area (Å²) in [6, 6.07) is 6.21. The van der Waals surface area contributed by atoms with Crippen molar-refractivity contribution in [1.82, 2.24) is 4.98 Å². The molecule has 0 spiro atoms. The Balaban J connectivity index is 2.44. The second-order valence-corrected chi connectivity index (χ2v) is 13.0. The van der Waals surface area contributed by atoms with Crippen LogP contribution in [0.4, 0.5) is 0 Å². The third kappa shape index (κ3) is 3.08. The number of aromatic amines is 1. The number of hydrogen-bond acceptors (Lipinski definition) is 2. The molecule has 0 radical (unpaired) electrons. The maximum absolute atomic E-state index is 9.65. The van der Waals surface area contributed by atoms with Gasteiger partial charge >= 0.3 is 0 Å². The van der Waals surface area contributed by atoms with E-state index in [1.807, 2.05) is 12.3 Å². The fourth-order valence-corrected chi connectivity index (χ4v) is 3.28. The van der Waals surface area contributed by atoms with Gasteiger partial charge in [-0.05, 0) is 41.9 Å². The van der Waals surface area contributed by atoms with E-state index in [0.29, 0.717) is 0 Å². The number of aliphatic hydroxyl groups is 1. The Kier molecular flexibility index (Phi) is 4.22. The molecule has 1 heterocycles. The van der Waals surface area contributed by atoms with E-state index in [0.717, 1.165) is 22.2 Å². The molecule has 0 aliphatic heterocycles. The number of fused-ring (bicyclic) bond motifs is 1. The molecule has 3 nitrogen and oxygen atoms in total. The van der Waals surface area contributed by atoms with Crippen molar-refractivity contribution in [2.24, 2.45) is 0 Å². The highest BCUT2D eigenvalue weighted by Crippen LogP contribution is 2.39. The van der Waals surface area contributed by atoms with E-state index < -0.39 is 8.32 Å². The molecular weight excluding hydrogens is 290 g/mol. The van der Waals surface area contributed by atoms with Gasteiger partial charge in [-0.15, -0.1) is 0 Å². The van der Waals surface area contributed by atoms with E-state index >= 15 is 0 Å². The third-order valence-electron chi connectivity index (χ3n) is 4.96. The Labute approximate surface area is 134 Å². The predicted molar refractivity (Wildman–Crippen MR) is 96.2 cm³/mol. The van der Waals surface area contributed by atoms with Gasteiger partial charge < -0.3 is 14.5 Å². The number of rotatable bonds is 4. The molecule has 0 unspecified atom stereocenters. The van der Waals surface area contributed by atoms with Gasteiger partial charge in [-0.25, -0.2) is 0 Å². The van der Waals surface area contributed by atoms with E-state index in [1.165, 1.54) is 0 Å². The molecule has 0 saturated heterocycles. The van der Waals surface area contributed by atoms with Gasteiger partial charge in [0.2, 0.25) is 8.32 Å². The fourth-order valence-electron chi connectivity index (χ4n) is 2.26. The van der Waals surface area contributed by atoms with E-state index in [1.54, 1.807) is 0 Å². The third-order valence-corrected chi connectivity index (χ3v) is 9.32. The number of aliphatic hydroxyl groups excluding tert-OH is 1. The van der Waals surface area contributed by atoms with E-state index in [9.17, 15) is 5.11 Å². The average Bonchev–Trinajstić information content (AvgIpc) is 2.80. The molecule has 22 heavy (non-hydrogen) atoms. The summed E-state index contributed by atoms with van der Waals surface area (Å²) in [4.78, 5) is 3.29. The lowest BCUT2D eigenvalue weighted by Gasteiger charge is -2.36. The van der Waals surface area contributed by atoms with Gasteiger partial charge in [0.05, 0.1) is 6.61 Å². The van der Waals surface area contributed by atoms with Crippen molar-refractivity contribution in [2.75, 3.05) is 6.61 Å². The number of hydrogen-bond donors (Lipinski definition) is 2. The van der Waals surface area contributed by atoms with Crippen LogP contribution in [-0.4, -0.2) is 25.0 Å². The van der Waals surface area contributed by atoms with Crippen LogP contribution in [-0.2, 0) is 5.41 Å². The van der Waals surface area contributed by atoms with Crippen LogP contribution in [0.2, 0.25) is 18.1 Å². The van der Waals surface area contributed by atoms with Gasteiger partial charge in [0.15, 0.2) is 0 Å². The predicted octanol–water partition coefficient (Wildman–Crippen LogP) is 4.82. The topological polar surface area (TPSA) is 45.2 Å². The molecule has 0 amide bonds. The number of nitrogens with one attached hydrogen (secondary N) is 1. The van der Waals surface area contributed by atoms with Crippen molar-refractivity contribution >= 4 is 19.2 Å². The summed E-state index contributed by atoms with van der Waals surface area (Å²) in [5, 5.41) is 11.0. The zero-order chi connectivity index (χ0) is 16.8. The van der Waals surface area contributed by atoms with Gasteiger partial charge in [0.1, 0.15) is 5.75 Å². The molecule has 2 rings (SSSR count). The maximum Gasteiger partial charge on any atom is 0.250 e. The molecule has 0 fully saturated rings. The summed E-state index contributed by atoms with van der Waals surface area (Å²) >= 11 is 0. The summed E-state index contributed by atoms with van der Waals surface area (Å²) in [7, 11) is -1.84. The lowest BCUT2D eigenvalue weighted by molar-refractivity contribution is 0.219. The van der Waals surface area contributed by atoms with Gasteiger partial charge in [0, 0.05) is 22.5 Å². The average molecular weight is 320 g/mol. The van der Waals surface area contributed by atoms with Crippen molar-refractivity contribution in [3.63, 3.8) is 0 Å². The summed E-state index contributed by atoms with van der Waals surface area (Å²) < 4.78 is 6.41. The van der Waals surface area contributed by atoms with Crippen LogP contribution in [0.15, 0.2) is 24.4 Å². The largest absolute Gasteiger partial charge is 0.543 e. The molecule has 4 heteroatoms. The quantitative estimate of drug-likeness (QED) is 0.793. The molecular formula is C18H29NO2Si. The Hall–Kier alpha value is -1.26. The molecule has 0 atom stereocenters. The first-order valence-corrected chi connectivity index (χ1v) is 10.8. The Bertz CT molecular complexity index is 665. The first-order valence-electron chi connectivity index (χ1n) is 7.89. The zero-order valence-electron chi connectivity index (χ0n) is 14.9. The molecule has 2 aromatic rings. The van der Waals surface area contributed by atoms with Gasteiger partial charge in [-0.3, -0.25) is 0 Å². The van der Waals surface area contributed by atoms with Crippen LogP contribution in [0.1, 0.15) is 40.2 Å². The van der Waals surface area contributed by atoms with Crippen molar-refractivity contribution in [1.29, 1.82) is 0 Å². The normalized spacial score (nSPS) is 13.6. The van der Waals surface area contributed by atoms with Gasteiger partial charge in [0.25, 0.3) is 0 Å². The molecule has 0 saturated carbocycles. The van der Waals surface area contributed by atoms with Gasteiger partial charge in [-0.1, -0.05) is 34.6 Å². The molecule has 0 aliphatic carbocycles. The van der Waals surface area contributed by atoms with Gasteiger partial charge in [-0.2, -0.15) is 0 Å². The lowest BCUT2D eigenvalue weighted by Crippen LogP contribution is -2.43. The lowest BCUT2D eigenvalue weighted by atomic mass is 9.85. The van der Waals surface area contributed by atoms with Crippen LogP contribution in [0.5, 0.6) is 5.75 Å². The minimum atomic E-state index is -1.84. The summed E-state index contributed by atoms with van der Waals surface area (Å²) in [6.07, 6.45) is 2.00. The molecule has 0 aliphatic rings. The molecule has 1 aromatic heterocycles. The number of H-pyrrole nitrogens is 1. The highest BCUT2D eigenvalue weighted by Gasteiger charge is 2.39. The molecule has 1 aromatic carbocycles. The molecule has 122 valence electrons. The zero-order valence-corrected chi connectivity index (χ0v) is 15.9. The molecule has 0 bridgehead atoms. The number of benzene rings is 1. The summed E-state index contributed by atoms with van der Waals surface area (Å²) in [6.45, 7) is 15.5. The Morgan fingerprint density at radius 2 is 1.77 bits per heavy atom. The highest BCUT2D eigenvalue weighted by atomic mass is 28.4. The maximum atomic E-state index is 9.65. The van der Waals surface area contributed by atoms with E-state index in [2.05, 4.69) is 64.8 Å². The van der Waals surface area contributed by atoms with Crippen LogP contribution in [0.25, 0.3) is 10.9 Å². The fraction of sp³-hybridized carbons (Fsp3) is 0.556. The van der Waals surface area contributed by atoms with Crippen molar-refractivity contribution in [3.05, 3.63) is 30.0 Å². The second kappa shape index (κ2) is 5.43. The van der Waals surface area contributed by atoms with Crippen LogP contribution >= 0.6 is 0 Å². The first kappa shape index (κ1) is 17.1. The van der Waals surface area contributed by atoms with Crippen LogP contribution < -0.4 is 4.43 Å². The van der Waals surface area contributed by atoms with Crippen molar-refractivity contribution in [2.45, 2.75) is 58.2 Å². The van der Waals surface area contributed by atoms with Crippen LogP contribution in [0.3, 0.4) is 0 Å². The summed E-state index contributed by atoms with van der Waals surface area (Å²) in [5.74, 6) is 0.925. The van der Waals surface area contributed by atoms with E-state index in [-0.39, 0.29) is 17.1 Å². The SMILES string of the molecule is CC(C)(CO)c1c[nH]c2ccc(O[Si](C)(C)C(C)(C)C)cc12. The number of aromatic nitrogens is 1. The summed E-state index contributed by atoms with van der Waals surface area (Å²) in [5.41, 5.74) is 1.94. The standard InChI is InChI=1S/C18H29NO2Si/c1-17(2,3)22(6,7)21-13-8-9-16-14(10-13)15(11-19-16)18(4,5)12-20/h8-11,19-20H,12H2,1-7H3. The van der Waals surface area contributed by atoms with Crippen molar-refractivity contribution in [3.8, 4) is 5.75 Å².